The molecule has 1 fully saturated rings. The minimum atomic E-state index is -0.145. The van der Waals surface area contributed by atoms with Crippen LogP contribution in [0, 0.1) is 5.92 Å². The molecule has 2 aromatic rings. The van der Waals surface area contributed by atoms with E-state index in [1.807, 2.05) is 30.9 Å². The Morgan fingerprint density at radius 2 is 1.93 bits per heavy atom. The van der Waals surface area contributed by atoms with Crippen LogP contribution in [0.5, 0.6) is 0 Å². The Hall–Kier alpha value is -2.25. The number of nitrogens with two attached hydrogens (primary N) is 1. The normalized spacial score (nSPS) is 15.5. The zero-order valence-electron chi connectivity index (χ0n) is 16.8. The average molecular weight is 386 g/mol. The summed E-state index contributed by atoms with van der Waals surface area (Å²) in [7, 11) is 0. The van der Waals surface area contributed by atoms with Gasteiger partial charge in [0.15, 0.2) is 5.69 Å². The van der Waals surface area contributed by atoms with Crippen molar-refractivity contribution in [3.63, 3.8) is 0 Å². The van der Waals surface area contributed by atoms with Gasteiger partial charge in [0.1, 0.15) is 0 Å². The SMILES string of the molecule is CC(C)Cn1nc(C(=O)N2CCC(OCCCN)CC2)c2ccccc2c1=O. The summed E-state index contributed by atoms with van der Waals surface area (Å²) < 4.78 is 7.26. The highest BCUT2D eigenvalue weighted by atomic mass is 16.5. The number of fused-ring (bicyclic) bond motifs is 1. The second kappa shape index (κ2) is 9.30. The van der Waals surface area contributed by atoms with Gasteiger partial charge in [-0.2, -0.15) is 5.10 Å². The summed E-state index contributed by atoms with van der Waals surface area (Å²) in [5, 5.41) is 5.63. The Bertz CT molecular complexity index is 870. The highest BCUT2D eigenvalue weighted by Gasteiger charge is 2.27. The Kier molecular flexibility index (Phi) is 6.80. The van der Waals surface area contributed by atoms with Crippen LogP contribution < -0.4 is 11.3 Å². The van der Waals surface area contributed by atoms with E-state index in [4.69, 9.17) is 10.5 Å². The first kappa shape index (κ1) is 20.5. The van der Waals surface area contributed by atoms with Crippen LogP contribution in [-0.2, 0) is 11.3 Å². The number of carbonyl (C=O) groups is 1. The lowest BCUT2D eigenvalue weighted by molar-refractivity contribution is 0.00828. The van der Waals surface area contributed by atoms with Gasteiger partial charge < -0.3 is 15.4 Å². The van der Waals surface area contributed by atoms with E-state index in [0.717, 1.165) is 19.3 Å². The molecule has 7 nitrogen and oxygen atoms in total. The molecule has 0 unspecified atom stereocenters. The fourth-order valence-corrected chi connectivity index (χ4v) is 3.57. The molecule has 0 radical (unpaired) electrons. The molecule has 0 spiro atoms. The van der Waals surface area contributed by atoms with Crippen LogP contribution in [-0.4, -0.2) is 52.9 Å². The molecule has 1 aromatic carbocycles. The molecule has 2 N–H and O–H groups in total. The van der Waals surface area contributed by atoms with Crippen LogP contribution in [0.3, 0.4) is 0 Å². The number of hydrogen-bond donors (Lipinski definition) is 1. The number of amides is 1. The van der Waals surface area contributed by atoms with Crippen LogP contribution in [0.4, 0.5) is 0 Å². The monoisotopic (exact) mass is 386 g/mol. The van der Waals surface area contributed by atoms with Crippen molar-refractivity contribution in [2.75, 3.05) is 26.2 Å². The lowest BCUT2D eigenvalue weighted by atomic mass is 10.1. The van der Waals surface area contributed by atoms with Gasteiger partial charge in [-0.05, 0) is 37.8 Å². The molecule has 1 amide bonds. The number of piperidine rings is 1. The first-order chi connectivity index (χ1) is 13.5. The molecule has 0 aliphatic carbocycles. The first-order valence-corrected chi connectivity index (χ1v) is 10.1. The zero-order chi connectivity index (χ0) is 20.1. The minimum absolute atomic E-state index is 0.117. The molecule has 1 aliphatic rings. The summed E-state index contributed by atoms with van der Waals surface area (Å²) in [5.74, 6) is 0.143. The largest absolute Gasteiger partial charge is 0.378 e. The van der Waals surface area contributed by atoms with Crippen molar-refractivity contribution in [1.29, 1.82) is 0 Å². The molecule has 1 aliphatic heterocycles. The topological polar surface area (TPSA) is 90.4 Å². The van der Waals surface area contributed by atoms with Gasteiger partial charge >= 0.3 is 0 Å². The van der Waals surface area contributed by atoms with E-state index in [9.17, 15) is 9.59 Å². The number of carbonyl (C=O) groups excluding carboxylic acids is 1. The molecule has 152 valence electrons. The molecule has 1 saturated heterocycles. The van der Waals surface area contributed by atoms with Crippen molar-refractivity contribution in [2.45, 2.75) is 45.8 Å². The van der Waals surface area contributed by atoms with Crippen molar-refractivity contribution in [3.05, 3.63) is 40.3 Å². The smallest absolute Gasteiger partial charge is 0.274 e. The molecular formula is C21H30N4O3. The molecule has 0 bridgehead atoms. The molecule has 28 heavy (non-hydrogen) atoms. The Labute approximate surface area is 165 Å². The predicted molar refractivity (Wildman–Crippen MR) is 109 cm³/mol. The highest BCUT2D eigenvalue weighted by Crippen LogP contribution is 2.20. The van der Waals surface area contributed by atoms with Gasteiger partial charge in [0, 0.05) is 31.6 Å². The van der Waals surface area contributed by atoms with Gasteiger partial charge in [0.2, 0.25) is 0 Å². The maximum absolute atomic E-state index is 13.2. The summed E-state index contributed by atoms with van der Waals surface area (Å²) >= 11 is 0. The molecule has 7 heteroatoms. The number of benzene rings is 1. The third-order valence-electron chi connectivity index (χ3n) is 5.04. The number of likely N-dealkylation sites (tertiary alicyclic amines) is 1. The second-order valence-electron chi connectivity index (χ2n) is 7.78. The van der Waals surface area contributed by atoms with Crippen LogP contribution in [0.15, 0.2) is 29.1 Å². The number of ether oxygens (including phenoxy) is 1. The maximum atomic E-state index is 13.2. The van der Waals surface area contributed by atoms with Crippen molar-refractivity contribution < 1.29 is 9.53 Å². The summed E-state index contributed by atoms with van der Waals surface area (Å²) in [5.41, 5.74) is 5.72. The number of rotatable bonds is 7. The van der Waals surface area contributed by atoms with Crippen LogP contribution in [0.25, 0.3) is 10.8 Å². The molecular weight excluding hydrogens is 356 g/mol. The van der Waals surface area contributed by atoms with E-state index in [-0.39, 0.29) is 23.5 Å². The number of aromatic nitrogens is 2. The van der Waals surface area contributed by atoms with Gasteiger partial charge in [-0.1, -0.05) is 32.0 Å². The van der Waals surface area contributed by atoms with E-state index in [1.54, 1.807) is 12.1 Å². The van der Waals surface area contributed by atoms with Crippen LogP contribution in [0.1, 0.15) is 43.6 Å². The van der Waals surface area contributed by atoms with E-state index >= 15 is 0 Å². The molecule has 1 aromatic heterocycles. The third-order valence-corrected chi connectivity index (χ3v) is 5.04. The summed E-state index contributed by atoms with van der Waals surface area (Å²) in [4.78, 5) is 27.8. The van der Waals surface area contributed by atoms with Crippen molar-refractivity contribution in [3.8, 4) is 0 Å². The van der Waals surface area contributed by atoms with E-state index in [0.29, 0.717) is 49.3 Å². The van der Waals surface area contributed by atoms with E-state index in [2.05, 4.69) is 5.10 Å². The third kappa shape index (κ3) is 4.59. The molecule has 0 saturated carbocycles. The van der Waals surface area contributed by atoms with Crippen molar-refractivity contribution in [2.24, 2.45) is 11.7 Å². The fraction of sp³-hybridized carbons (Fsp3) is 0.571. The Morgan fingerprint density at radius 3 is 2.57 bits per heavy atom. The van der Waals surface area contributed by atoms with Crippen molar-refractivity contribution in [1.82, 2.24) is 14.7 Å². The summed E-state index contributed by atoms with van der Waals surface area (Å²) in [6.45, 7) is 7.10. The predicted octanol–water partition coefficient (Wildman–Crippen LogP) is 2.02. The average Bonchev–Trinajstić information content (AvgIpc) is 2.70. The standard InChI is InChI=1S/C21H30N4O3/c1-15(2)14-25-20(26)18-7-4-3-6-17(18)19(23-25)21(27)24-11-8-16(9-12-24)28-13-5-10-22/h3-4,6-7,15-16H,5,8-14,22H2,1-2H3. The fourth-order valence-electron chi connectivity index (χ4n) is 3.57. The van der Waals surface area contributed by atoms with Gasteiger partial charge in [0.25, 0.3) is 11.5 Å². The Morgan fingerprint density at radius 1 is 1.25 bits per heavy atom. The summed E-state index contributed by atoms with van der Waals surface area (Å²) in [6.07, 6.45) is 2.64. The van der Waals surface area contributed by atoms with Gasteiger partial charge in [-0.3, -0.25) is 9.59 Å². The summed E-state index contributed by atoms with van der Waals surface area (Å²) in [6, 6.07) is 7.23. The zero-order valence-corrected chi connectivity index (χ0v) is 16.8. The maximum Gasteiger partial charge on any atom is 0.274 e. The van der Waals surface area contributed by atoms with Gasteiger partial charge in [0.05, 0.1) is 11.5 Å². The quantitative estimate of drug-likeness (QED) is 0.735. The lowest BCUT2D eigenvalue weighted by Crippen LogP contribution is -2.42. The minimum Gasteiger partial charge on any atom is -0.378 e. The molecule has 2 heterocycles. The van der Waals surface area contributed by atoms with Crippen molar-refractivity contribution >= 4 is 16.7 Å². The van der Waals surface area contributed by atoms with Gasteiger partial charge in [-0.15, -0.1) is 0 Å². The van der Waals surface area contributed by atoms with E-state index in [1.165, 1.54) is 4.68 Å². The molecule has 3 rings (SSSR count). The Balaban J connectivity index is 1.82. The number of hydrogen-bond acceptors (Lipinski definition) is 5. The van der Waals surface area contributed by atoms with E-state index < -0.39 is 0 Å². The highest BCUT2D eigenvalue weighted by molar-refractivity contribution is 6.04. The first-order valence-electron chi connectivity index (χ1n) is 10.1. The van der Waals surface area contributed by atoms with Crippen LogP contribution in [0.2, 0.25) is 0 Å². The second-order valence-corrected chi connectivity index (χ2v) is 7.78. The number of nitrogens with zero attached hydrogens (tertiary/aromatic N) is 3. The molecule has 0 atom stereocenters. The van der Waals surface area contributed by atoms with Gasteiger partial charge in [-0.25, -0.2) is 4.68 Å². The lowest BCUT2D eigenvalue weighted by Gasteiger charge is -2.32. The van der Waals surface area contributed by atoms with Crippen LogP contribution >= 0.6 is 0 Å².